The van der Waals surface area contributed by atoms with Gasteiger partial charge in [-0.15, -0.1) is 0 Å². The van der Waals surface area contributed by atoms with Crippen molar-refractivity contribution in [3.8, 4) is 0 Å². The molecular formula is C26H48O4. The van der Waals surface area contributed by atoms with Crippen LogP contribution in [0.3, 0.4) is 0 Å². The lowest BCUT2D eigenvalue weighted by atomic mass is 9.66. The molecule has 1 aliphatic carbocycles. The largest absolute Gasteiger partial charge is 0.368 e. The molecule has 0 aliphatic heterocycles. The van der Waals surface area contributed by atoms with Crippen molar-refractivity contribution >= 4 is 0 Å². The normalized spacial score (nSPS) is 19.2. The van der Waals surface area contributed by atoms with Crippen LogP contribution in [0.2, 0.25) is 0 Å². The van der Waals surface area contributed by atoms with Crippen LogP contribution in [-0.4, -0.2) is 35.0 Å². The Morgan fingerprint density at radius 1 is 0.933 bits per heavy atom. The van der Waals surface area contributed by atoms with E-state index in [1.54, 1.807) is 0 Å². The quantitative estimate of drug-likeness (QED) is 0.299. The Kier molecular flexibility index (Phi) is 10.3. The minimum absolute atomic E-state index is 0.217. The maximum Gasteiger partial charge on any atom is 0.177 e. The summed E-state index contributed by atoms with van der Waals surface area (Å²) in [4.78, 5) is 0. The van der Waals surface area contributed by atoms with E-state index in [1.807, 2.05) is 20.8 Å². The summed E-state index contributed by atoms with van der Waals surface area (Å²) in [6, 6.07) is 0. The highest BCUT2D eigenvalue weighted by molar-refractivity contribution is 5.28. The molecule has 0 spiro atoms. The van der Waals surface area contributed by atoms with Gasteiger partial charge < -0.3 is 19.7 Å². The minimum Gasteiger partial charge on any atom is -0.368 e. The summed E-state index contributed by atoms with van der Waals surface area (Å²) in [6.45, 7) is 20.1. The predicted molar refractivity (Wildman–Crippen MR) is 125 cm³/mol. The number of hydrogen-bond acceptors (Lipinski definition) is 4. The third-order valence-corrected chi connectivity index (χ3v) is 6.10. The van der Waals surface area contributed by atoms with Crippen molar-refractivity contribution in [2.75, 3.05) is 6.61 Å². The summed E-state index contributed by atoms with van der Waals surface area (Å²) in [5.41, 5.74) is 2.60. The van der Waals surface area contributed by atoms with Crippen LogP contribution in [0.15, 0.2) is 23.3 Å². The van der Waals surface area contributed by atoms with Gasteiger partial charge in [-0.25, -0.2) is 0 Å². The lowest BCUT2D eigenvalue weighted by Gasteiger charge is -2.39. The Bertz CT molecular complexity index is 575. The second kappa shape index (κ2) is 11.3. The van der Waals surface area contributed by atoms with E-state index in [-0.39, 0.29) is 11.0 Å². The van der Waals surface area contributed by atoms with Crippen molar-refractivity contribution in [2.45, 2.75) is 119 Å². The smallest absolute Gasteiger partial charge is 0.177 e. The van der Waals surface area contributed by atoms with Crippen molar-refractivity contribution in [2.24, 2.45) is 16.7 Å². The molecule has 3 unspecified atom stereocenters. The number of allylic oxidation sites excluding steroid dienone is 3. The van der Waals surface area contributed by atoms with Crippen LogP contribution in [0.4, 0.5) is 0 Å². The molecule has 0 bridgehead atoms. The van der Waals surface area contributed by atoms with Gasteiger partial charge >= 0.3 is 0 Å². The average molecular weight is 425 g/mol. The van der Waals surface area contributed by atoms with Crippen molar-refractivity contribution in [3.05, 3.63) is 23.3 Å². The molecule has 0 saturated heterocycles. The summed E-state index contributed by atoms with van der Waals surface area (Å²) >= 11 is 0. The third-order valence-electron chi connectivity index (χ3n) is 6.10. The molecule has 0 aromatic rings. The zero-order valence-corrected chi connectivity index (χ0v) is 21.0. The molecular weight excluding hydrogens is 376 g/mol. The van der Waals surface area contributed by atoms with Crippen LogP contribution in [0, 0.1) is 16.7 Å². The minimum atomic E-state index is -0.872. The monoisotopic (exact) mass is 424 g/mol. The maximum absolute atomic E-state index is 10.4. The zero-order valence-electron chi connectivity index (χ0n) is 21.0. The molecule has 1 aliphatic rings. The molecule has 1 rings (SSSR count). The number of hydrogen-bond donors (Lipinski definition) is 2. The molecule has 0 amide bonds. The molecule has 2 N–H and O–H groups in total. The van der Waals surface area contributed by atoms with Gasteiger partial charge in [0.25, 0.3) is 0 Å². The van der Waals surface area contributed by atoms with Crippen molar-refractivity contribution in [1.29, 1.82) is 0 Å². The van der Waals surface area contributed by atoms with Gasteiger partial charge in [0.15, 0.2) is 12.6 Å². The van der Waals surface area contributed by atoms with Crippen LogP contribution in [0.1, 0.15) is 101 Å². The van der Waals surface area contributed by atoms with Crippen LogP contribution >= 0.6 is 0 Å². The second-order valence-electron chi connectivity index (χ2n) is 11.7. The van der Waals surface area contributed by atoms with Gasteiger partial charge in [0.2, 0.25) is 0 Å². The molecule has 176 valence electrons. The first-order valence-corrected chi connectivity index (χ1v) is 11.7. The van der Waals surface area contributed by atoms with E-state index in [9.17, 15) is 10.2 Å². The number of ether oxygens (including phenoxy) is 2. The first-order valence-electron chi connectivity index (χ1n) is 11.7. The van der Waals surface area contributed by atoms with Crippen LogP contribution in [0.5, 0.6) is 0 Å². The van der Waals surface area contributed by atoms with Gasteiger partial charge in [-0.1, -0.05) is 65.7 Å². The SMILES string of the molecule is CCC(C)(C)CC(C1=CC=C(C(O)OCCCC(O)OC(C)(C)C)CC1)C(C)(C)C. The lowest BCUT2D eigenvalue weighted by molar-refractivity contribution is -0.171. The zero-order chi connectivity index (χ0) is 23.2. The van der Waals surface area contributed by atoms with E-state index in [0.29, 0.717) is 30.8 Å². The first kappa shape index (κ1) is 27.4. The van der Waals surface area contributed by atoms with Crippen LogP contribution < -0.4 is 0 Å². The van der Waals surface area contributed by atoms with Gasteiger partial charge in [0.1, 0.15) is 0 Å². The fourth-order valence-corrected chi connectivity index (χ4v) is 3.88. The third kappa shape index (κ3) is 10.1. The molecule has 4 heteroatoms. The molecule has 30 heavy (non-hydrogen) atoms. The highest BCUT2D eigenvalue weighted by Crippen LogP contribution is 2.44. The number of rotatable bonds is 11. The van der Waals surface area contributed by atoms with Crippen molar-refractivity contribution in [1.82, 2.24) is 0 Å². The predicted octanol–water partition coefficient (Wildman–Crippen LogP) is 6.37. The average Bonchev–Trinajstić information content (AvgIpc) is 2.61. The molecule has 4 nitrogen and oxygen atoms in total. The Morgan fingerprint density at radius 3 is 1.97 bits per heavy atom. The Labute approximate surface area is 185 Å². The highest BCUT2D eigenvalue weighted by atomic mass is 16.6. The van der Waals surface area contributed by atoms with Gasteiger partial charge in [0.05, 0.1) is 12.2 Å². The Balaban J connectivity index is 2.61. The summed E-state index contributed by atoms with van der Waals surface area (Å²) in [7, 11) is 0. The molecule has 0 fully saturated rings. The van der Waals surface area contributed by atoms with E-state index in [1.165, 1.54) is 18.4 Å². The lowest BCUT2D eigenvalue weighted by Crippen LogP contribution is -2.29. The summed E-state index contributed by atoms with van der Waals surface area (Å²) in [6.07, 6.45) is 7.90. The maximum atomic E-state index is 10.4. The number of aliphatic hydroxyl groups excluding tert-OH is 2. The molecule has 0 aromatic carbocycles. The summed E-state index contributed by atoms with van der Waals surface area (Å²) in [5.74, 6) is 0.535. The van der Waals surface area contributed by atoms with Gasteiger partial charge in [-0.2, -0.15) is 0 Å². The van der Waals surface area contributed by atoms with E-state index in [2.05, 4.69) is 53.7 Å². The van der Waals surface area contributed by atoms with Crippen molar-refractivity contribution in [3.63, 3.8) is 0 Å². The standard InChI is InChI=1S/C26H48O4/c1-10-26(8,9)18-21(24(2,3)4)19-13-15-20(16-14-19)23(28)29-17-11-12-22(27)30-25(5,6)7/h13,15,21-23,27-28H,10-12,14,16-18H2,1-9H3. The Morgan fingerprint density at radius 2 is 1.50 bits per heavy atom. The van der Waals surface area contributed by atoms with E-state index in [4.69, 9.17) is 9.47 Å². The molecule has 0 heterocycles. The fraction of sp³-hybridized carbons (Fsp3) is 0.846. The highest BCUT2D eigenvalue weighted by Gasteiger charge is 2.33. The first-order chi connectivity index (χ1) is 13.6. The van der Waals surface area contributed by atoms with Gasteiger partial charge in [-0.05, 0) is 68.8 Å². The van der Waals surface area contributed by atoms with Crippen LogP contribution in [-0.2, 0) is 9.47 Å². The molecule has 0 aromatic heterocycles. The van der Waals surface area contributed by atoms with E-state index < -0.39 is 12.6 Å². The summed E-state index contributed by atoms with van der Waals surface area (Å²) in [5, 5.41) is 20.3. The van der Waals surface area contributed by atoms with Gasteiger partial charge in [-0.3, -0.25) is 0 Å². The molecule has 0 saturated carbocycles. The fourth-order valence-electron chi connectivity index (χ4n) is 3.88. The van der Waals surface area contributed by atoms with E-state index >= 15 is 0 Å². The Hall–Kier alpha value is -0.680. The van der Waals surface area contributed by atoms with Gasteiger partial charge in [0, 0.05) is 6.42 Å². The molecule has 3 atom stereocenters. The summed E-state index contributed by atoms with van der Waals surface area (Å²) < 4.78 is 11.1. The topological polar surface area (TPSA) is 58.9 Å². The van der Waals surface area contributed by atoms with E-state index in [0.717, 1.165) is 18.4 Å². The van der Waals surface area contributed by atoms with Crippen molar-refractivity contribution < 1.29 is 19.7 Å². The second-order valence-corrected chi connectivity index (χ2v) is 11.7. The van der Waals surface area contributed by atoms with Crippen LogP contribution in [0.25, 0.3) is 0 Å². The molecule has 0 radical (unpaired) electrons. The number of aliphatic hydroxyl groups is 2.